The highest BCUT2D eigenvalue weighted by molar-refractivity contribution is 5.88. The molecule has 1 fully saturated rings. The molecule has 0 bridgehead atoms. The van der Waals surface area contributed by atoms with Crippen LogP contribution in [0, 0.1) is 0 Å². The summed E-state index contributed by atoms with van der Waals surface area (Å²) < 4.78 is 4.61. The van der Waals surface area contributed by atoms with Crippen LogP contribution in [0.15, 0.2) is 11.8 Å². The van der Waals surface area contributed by atoms with E-state index in [0.717, 1.165) is 12.7 Å². The summed E-state index contributed by atoms with van der Waals surface area (Å²) in [6.07, 6.45) is 2.27. The quantitative estimate of drug-likeness (QED) is 0.297. The number of aliphatic hydroxyl groups is 1. The van der Waals surface area contributed by atoms with E-state index in [1.54, 1.807) is 0 Å². The number of hydrogen-bond donors (Lipinski definition) is 1. The number of carbonyl (C=O) groups is 1. The van der Waals surface area contributed by atoms with Crippen LogP contribution in [0.1, 0.15) is 12.8 Å². The summed E-state index contributed by atoms with van der Waals surface area (Å²) in [6.45, 7) is 0.482. The van der Waals surface area contributed by atoms with E-state index < -0.39 is 0 Å². The van der Waals surface area contributed by atoms with Gasteiger partial charge in [-0.05, 0) is 12.8 Å². The van der Waals surface area contributed by atoms with E-state index >= 15 is 0 Å². The van der Waals surface area contributed by atoms with Gasteiger partial charge in [-0.3, -0.25) is 0 Å². The lowest BCUT2D eigenvalue weighted by molar-refractivity contribution is -0.141. The molecule has 3 nitrogen and oxygen atoms in total. The molecule has 3 heteroatoms. The smallest absolute Gasteiger partial charge is 0.337 e. The lowest BCUT2D eigenvalue weighted by Crippen LogP contribution is -2.15. The summed E-state index contributed by atoms with van der Waals surface area (Å²) in [6, 6.07) is 0. The summed E-state index contributed by atoms with van der Waals surface area (Å²) in [5, 5.41) is 8.40. The van der Waals surface area contributed by atoms with Gasteiger partial charge in [-0.15, -0.1) is 0 Å². The first-order valence-electron chi connectivity index (χ1n) is 2.85. The van der Waals surface area contributed by atoms with Crippen molar-refractivity contribution in [2.45, 2.75) is 12.8 Å². The van der Waals surface area contributed by atoms with Gasteiger partial charge in [0.15, 0.2) is 0 Å². The van der Waals surface area contributed by atoms with Crippen LogP contribution in [0.3, 0.4) is 0 Å². The minimum atomic E-state index is -0.385. The van der Waals surface area contributed by atoms with Gasteiger partial charge in [0.2, 0.25) is 0 Å². The Balaban J connectivity index is 2.60. The molecule has 50 valence electrons. The first kappa shape index (κ1) is 6.13. The Morgan fingerprint density at radius 2 is 2.44 bits per heavy atom. The normalized spacial score (nSPS) is 24.0. The molecule has 1 rings (SSSR count). The molecule has 0 atom stereocenters. The zero-order chi connectivity index (χ0) is 6.69. The van der Waals surface area contributed by atoms with Crippen molar-refractivity contribution in [1.82, 2.24) is 0 Å². The lowest BCUT2D eigenvalue weighted by Gasteiger charge is -2.11. The van der Waals surface area contributed by atoms with Crippen molar-refractivity contribution >= 4 is 5.97 Å². The average molecular weight is 128 g/mol. The first-order chi connectivity index (χ1) is 4.34. The van der Waals surface area contributed by atoms with E-state index in [2.05, 4.69) is 4.74 Å². The SMILES string of the molecule is O=C1OCCC/C1=C/O. The highest BCUT2D eigenvalue weighted by Gasteiger charge is 2.15. The number of esters is 1. The van der Waals surface area contributed by atoms with Gasteiger partial charge in [-0.2, -0.15) is 0 Å². The van der Waals surface area contributed by atoms with Gasteiger partial charge in [-0.1, -0.05) is 0 Å². The highest BCUT2D eigenvalue weighted by Crippen LogP contribution is 2.12. The molecular weight excluding hydrogens is 120 g/mol. The number of cyclic esters (lactones) is 1. The topological polar surface area (TPSA) is 46.5 Å². The molecule has 0 radical (unpaired) electrons. The number of hydrogen-bond acceptors (Lipinski definition) is 3. The number of ether oxygens (including phenoxy) is 1. The molecule has 1 N–H and O–H groups in total. The van der Waals surface area contributed by atoms with Crippen molar-refractivity contribution in [2.24, 2.45) is 0 Å². The lowest BCUT2D eigenvalue weighted by atomic mass is 10.1. The largest absolute Gasteiger partial charge is 0.515 e. The minimum absolute atomic E-state index is 0.376. The van der Waals surface area contributed by atoms with E-state index in [-0.39, 0.29) is 5.97 Å². The Labute approximate surface area is 52.9 Å². The molecule has 0 unspecified atom stereocenters. The Bertz CT molecular complexity index is 148. The Morgan fingerprint density at radius 1 is 1.67 bits per heavy atom. The second-order valence-electron chi connectivity index (χ2n) is 1.89. The second-order valence-corrected chi connectivity index (χ2v) is 1.89. The predicted molar refractivity (Wildman–Crippen MR) is 30.9 cm³/mol. The third-order valence-electron chi connectivity index (χ3n) is 1.24. The molecule has 0 amide bonds. The van der Waals surface area contributed by atoms with E-state index in [1.165, 1.54) is 0 Å². The van der Waals surface area contributed by atoms with Crippen molar-refractivity contribution in [3.63, 3.8) is 0 Å². The van der Waals surface area contributed by atoms with Gasteiger partial charge in [0.1, 0.15) is 0 Å². The maximum Gasteiger partial charge on any atom is 0.337 e. The fraction of sp³-hybridized carbons (Fsp3) is 0.500. The molecule has 1 aliphatic rings. The van der Waals surface area contributed by atoms with Crippen LogP contribution in [-0.4, -0.2) is 17.7 Å². The Kier molecular flexibility index (Phi) is 1.72. The molecule has 0 aromatic heterocycles. The van der Waals surface area contributed by atoms with Gasteiger partial charge in [0.25, 0.3) is 0 Å². The maximum atomic E-state index is 10.6. The standard InChI is InChI=1S/C6H8O3/c7-4-5-2-1-3-9-6(5)8/h4,7H,1-3H2/b5-4-. The van der Waals surface area contributed by atoms with Crippen molar-refractivity contribution < 1.29 is 14.6 Å². The fourth-order valence-electron chi connectivity index (χ4n) is 0.739. The van der Waals surface area contributed by atoms with E-state index in [1.807, 2.05) is 0 Å². The number of aliphatic hydroxyl groups excluding tert-OH is 1. The molecule has 1 saturated heterocycles. The summed E-state index contributed by atoms with van der Waals surface area (Å²) in [5.74, 6) is -0.385. The van der Waals surface area contributed by atoms with Gasteiger partial charge >= 0.3 is 5.97 Å². The molecule has 1 aliphatic heterocycles. The van der Waals surface area contributed by atoms with Crippen LogP contribution in [0.4, 0.5) is 0 Å². The number of carbonyl (C=O) groups excluding carboxylic acids is 1. The zero-order valence-electron chi connectivity index (χ0n) is 4.96. The summed E-state index contributed by atoms with van der Waals surface area (Å²) in [4.78, 5) is 10.6. The molecule has 0 aliphatic carbocycles. The first-order valence-corrected chi connectivity index (χ1v) is 2.85. The van der Waals surface area contributed by atoms with Gasteiger partial charge in [0, 0.05) is 0 Å². The summed E-state index contributed by atoms with van der Waals surface area (Å²) >= 11 is 0. The zero-order valence-corrected chi connectivity index (χ0v) is 4.96. The highest BCUT2D eigenvalue weighted by atomic mass is 16.5. The van der Waals surface area contributed by atoms with Gasteiger partial charge < -0.3 is 9.84 Å². The van der Waals surface area contributed by atoms with Crippen molar-refractivity contribution in [2.75, 3.05) is 6.61 Å². The predicted octanol–water partition coefficient (Wildman–Crippen LogP) is 0.765. The van der Waals surface area contributed by atoms with Crippen LogP contribution in [0.2, 0.25) is 0 Å². The van der Waals surface area contributed by atoms with Crippen molar-refractivity contribution in [1.29, 1.82) is 0 Å². The molecule has 0 aromatic rings. The van der Waals surface area contributed by atoms with Crippen LogP contribution in [0.25, 0.3) is 0 Å². The Hall–Kier alpha value is -0.990. The summed E-state index contributed by atoms with van der Waals surface area (Å²) in [7, 11) is 0. The third kappa shape index (κ3) is 1.22. The Morgan fingerprint density at radius 3 is 2.89 bits per heavy atom. The summed E-state index contributed by atoms with van der Waals surface area (Å²) in [5.41, 5.74) is 0.376. The van der Waals surface area contributed by atoms with Gasteiger partial charge in [-0.25, -0.2) is 4.79 Å². The molecule has 0 spiro atoms. The third-order valence-corrected chi connectivity index (χ3v) is 1.24. The molecule has 0 aromatic carbocycles. The fourth-order valence-corrected chi connectivity index (χ4v) is 0.739. The van der Waals surface area contributed by atoms with E-state index in [4.69, 9.17) is 5.11 Å². The second kappa shape index (κ2) is 2.53. The van der Waals surface area contributed by atoms with Crippen LogP contribution in [-0.2, 0) is 9.53 Å². The number of rotatable bonds is 0. The van der Waals surface area contributed by atoms with Crippen molar-refractivity contribution in [3.8, 4) is 0 Å². The van der Waals surface area contributed by atoms with Crippen LogP contribution >= 0.6 is 0 Å². The molecule has 1 heterocycles. The van der Waals surface area contributed by atoms with Crippen LogP contribution in [0.5, 0.6) is 0 Å². The van der Waals surface area contributed by atoms with Gasteiger partial charge in [0.05, 0.1) is 18.4 Å². The monoisotopic (exact) mass is 128 g/mol. The molecule has 0 saturated carbocycles. The molecule has 9 heavy (non-hydrogen) atoms. The van der Waals surface area contributed by atoms with Crippen molar-refractivity contribution in [3.05, 3.63) is 11.8 Å². The maximum absolute atomic E-state index is 10.6. The minimum Gasteiger partial charge on any atom is -0.515 e. The molecular formula is C6H8O3. The average Bonchev–Trinajstić information content (AvgIpc) is 1.89. The van der Waals surface area contributed by atoms with E-state index in [9.17, 15) is 4.79 Å². The van der Waals surface area contributed by atoms with E-state index in [0.29, 0.717) is 18.6 Å². The van der Waals surface area contributed by atoms with Crippen LogP contribution < -0.4 is 0 Å².